The van der Waals surface area contributed by atoms with Crippen molar-refractivity contribution in [2.24, 2.45) is 0 Å². The molecule has 6 nitrogen and oxygen atoms in total. The first-order chi connectivity index (χ1) is 14.0. The molecule has 0 spiro atoms. The van der Waals surface area contributed by atoms with Crippen LogP contribution in [-0.2, 0) is 16.1 Å². The summed E-state index contributed by atoms with van der Waals surface area (Å²) in [6, 6.07) is 12.7. The van der Waals surface area contributed by atoms with Gasteiger partial charge in [-0.1, -0.05) is 18.2 Å². The van der Waals surface area contributed by atoms with Crippen LogP contribution in [0.4, 0.5) is 0 Å². The highest BCUT2D eigenvalue weighted by Gasteiger charge is 2.18. The zero-order chi connectivity index (χ0) is 21.2. The van der Waals surface area contributed by atoms with Gasteiger partial charge in [0.05, 0.1) is 19.3 Å². The van der Waals surface area contributed by atoms with Gasteiger partial charge in [-0.3, -0.25) is 4.79 Å². The first kappa shape index (κ1) is 22.6. The van der Waals surface area contributed by atoms with Gasteiger partial charge in [-0.25, -0.2) is 4.79 Å². The maximum absolute atomic E-state index is 12.6. The Morgan fingerprint density at radius 3 is 2.48 bits per heavy atom. The fraction of sp³-hybridized carbons (Fsp3) is 0.364. The number of hydrogen-bond donors (Lipinski definition) is 0. The molecular weight excluding hydrogens is 390 g/mol. The molecule has 0 aliphatic rings. The van der Waals surface area contributed by atoms with Crippen LogP contribution in [-0.4, -0.2) is 49.9 Å². The number of methoxy groups -OCH3 is 1. The van der Waals surface area contributed by atoms with Gasteiger partial charge in [0, 0.05) is 18.0 Å². The first-order valence-corrected chi connectivity index (χ1v) is 10.6. The number of hydrogen-bond acceptors (Lipinski definition) is 6. The monoisotopic (exact) mass is 417 g/mol. The summed E-state index contributed by atoms with van der Waals surface area (Å²) in [6.07, 6.45) is 1.89. The Kier molecular flexibility index (Phi) is 8.86. The van der Waals surface area contributed by atoms with E-state index in [1.165, 1.54) is 11.8 Å². The number of rotatable bonds is 10. The van der Waals surface area contributed by atoms with Crippen molar-refractivity contribution in [3.8, 4) is 11.5 Å². The molecule has 0 aliphatic carbocycles. The van der Waals surface area contributed by atoms with Crippen LogP contribution in [0.25, 0.3) is 0 Å². The van der Waals surface area contributed by atoms with Crippen molar-refractivity contribution in [2.75, 3.05) is 33.1 Å². The lowest BCUT2D eigenvalue weighted by Crippen LogP contribution is -2.34. The SMILES string of the molecule is CCOc1ccc(CN(CC)C(=O)COC(=O)c2ccccc2SC)cc1OC. The molecule has 156 valence electrons. The molecule has 7 heteroatoms. The molecule has 0 radical (unpaired) electrons. The lowest BCUT2D eigenvalue weighted by Gasteiger charge is -2.21. The van der Waals surface area contributed by atoms with E-state index >= 15 is 0 Å². The Bertz CT molecular complexity index is 840. The second-order valence-corrected chi connectivity index (χ2v) is 6.95. The lowest BCUT2D eigenvalue weighted by molar-refractivity contribution is -0.134. The Labute approximate surface area is 176 Å². The Morgan fingerprint density at radius 1 is 1.07 bits per heavy atom. The third-order valence-corrected chi connectivity index (χ3v) is 5.09. The molecule has 2 aromatic rings. The number of benzene rings is 2. The number of nitrogens with zero attached hydrogens (tertiary/aromatic N) is 1. The summed E-state index contributed by atoms with van der Waals surface area (Å²) in [7, 11) is 1.58. The smallest absolute Gasteiger partial charge is 0.339 e. The van der Waals surface area contributed by atoms with E-state index in [9.17, 15) is 9.59 Å². The zero-order valence-corrected chi connectivity index (χ0v) is 18.1. The number of carbonyl (C=O) groups excluding carboxylic acids is 2. The predicted octanol–water partition coefficient (Wildman–Crippen LogP) is 4.02. The summed E-state index contributed by atoms with van der Waals surface area (Å²) in [5.41, 5.74) is 1.37. The van der Waals surface area contributed by atoms with E-state index in [2.05, 4.69) is 0 Å². The molecule has 0 atom stereocenters. The van der Waals surface area contributed by atoms with Gasteiger partial charge in [0.1, 0.15) is 0 Å². The van der Waals surface area contributed by atoms with E-state index in [0.717, 1.165) is 10.5 Å². The average molecular weight is 418 g/mol. The van der Waals surface area contributed by atoms with E-state index in [0.29, 0.717) is 36.8 Å². The Balaban J connectivity index is 2.01. The fourth-order valence-corrected chi connectivity index (χ4v) is 3.38. The molecule has 2 rings (SSSR count). The normalized spacial score (nSPS) is 10.3. The minimum absolute atomic E-state index is 0.254. The first-order valence-electron chi connectivity index (χ1n) is 9.41. The highest BCUT2D eigenvalue weighted by molar-refractivity contribution is 7.98. The summed E-state index contributed by atoms with van der Waals surface area (Å²) in [5.74, 6) is 0.528. The van der Waals surface area contributed by atoms with Crippen molar-refractivity contribution in [3.05, 3.63) is 53.6 Å². The van der Waals surface area contributed by atoms with E-state index in [4.69, 9.17) is 14.2 Å². The van der Waals surface area contributed by atoms with Crippen LogP contribution in [0.3, 0.4) is 0 Å². The van der Waals surface area contributed by atoms with Crippen LogP contribution >= 0.6 is 11.8 Å². The van der Waals surface area contributed by atoms with Crippen LogP contribution in [0.5, 0.6) is 11.5 Å². The molecule has 0 fully saturated rings. The molecule has 0 heterocycles. The standard InChI is InChI=1S/C22H27NO5S/c1-5-23(14-16-11-12-18(27-6-2)19(13-16)26-3)21(24)15-28-22(25)17-9-7-8-10-20(17)29-4/h7-13H,5-6,14-15H2,1-4H3. The minimum Gasteiger partial charge on any atom is -0.493 e. The van der Waals surface area contributed by atoms with Crippen molar-refractivity contribution in [1.29, 1.82) is 0 Å². The Hall–Kier alpha value is -2.67. The van der Waals surface area contributed by atoms with Gasteiger partial charge >= 0.3 is 5.97 Å². The minimum atomic E-state index is -0.498. The quantitative estimate of drug-likeness (QED) is 0.430. The van der Waals surface area contributed by atoms with Crippen molar-refractivity contribution >= 4 is 23.6 Å². The second-order valence-electron chi connectivity index (χ2n) is 6.10. The van der Waals surface area contributed by atoms with Gasteiger partial charge in [0.2, 0.25) is 0 Å². The van der Waals surface area contributed by atoms with Crippen molar-refractivity contribution < 1.29 is 23.8 Å². The number of esters is 1. The van der Waals surface area contributed by atoms with E-state index in [1.54, 1.807) is 24.1 Å². The molecule has 0 saturated carbocycles. The van der Waals surface area contributed by atoms with Gasteiger partial charge in [-0.2, -0.15) is 0 Å². The lowest BCUT2D eigenvalue weighted by atomic mass is 10.2. The highest BCUT2D eigenvalue weighted by atomic mass is 32.2. The van der Waals surface area contributed by atoms with Crippen LogP contribution < -0.4 is 9.47 Å². The summed E-state index contributed by atoms with van der Waals surface area (Å²) in [6.45, 7) is 4.91. The number of amides is 1. The van der Waals surface area contributed by atoms with Crippen LogP contribution in [0.1, 0.15) is 29.8 Å². The zero-order valence-electron chi connectivity index (χ0n) is 17.3. The topological polar surface area (TPSA) is 65.1 Å². The fourth-order valence-electron chi connectivity index (χ4n) is 2.79. The summed E-state index contributed by atoms with van der Waals surface area (Å²) < 4.78 is 16.1. The molecule has 0 N–H and O–H groups in total. The molecule has 0 bridgehead atoms. The molecule has 0 aromatic heterocycles. The van der Waals surface area contributed by atoms with Crippen LogP contribution in [0.15, 0.2) is 47.4 Å². The van der Waals surface area contributed by atoms with Gasteiger partial charge in [-0.15, -0.1) is 11.8 Å². The molecule has 2 aromatic carbocycles. The Morgan fingerprint density at radius 2 is 1.83 bits per heavy atom. The third-order valence-electron chi connectivity index (χ3n) is 4.29. The number of likely N-dealkylation sites (N-methyl/N-ethyl adjacent to an activating group) is 1. The van der Waals surface area contributed by atoms with Crippen molar-refractivity contribution in [2.45, 2.75) is 25.3 Å². The van der Waals surface area contributed by atoms with Crippen LogP contribution in [0.2, 0.25) is 0 Å². The van der Waals surface area contributed by atoms with Crippen LogP contribution in [0, 0.1) is 0 Å². The molecule has 29 heavy (non-hydrogen) atoms. The maximum Gasteiger partial charge on any atom is 0.339 e. The second kappa shape index (κ2) is 11.4. The molecule has 1 amide bonds. The van der Waals surface area contributed by atoms with Gasteiger partial charge in [0.25, 0.3) is 5.91 Å². The third kappa shape index (κ3) is 6.15. The number of ether oxygens (including phenoxy) is 3. The van der Waals surface area contributed by atoms with Gasteiger partial charge in [0.15, 0.2) is 18.1 Å². The van der Waals surface area contributed by atoms with Gasteiger partial charge < -0.3 is 19.1 Å². The summed E-state index contributed by atoms with van der Waals surface area (Å²) in [5, 5.41) is 0. The number of carbonyl (C=O) groups is 2. The summed E-state index contributed by atoms with van der Waals surface area (Å²) >= 11 is 1.46. The maximum atomic E-state index is 12.6. The van der Waals surface area contributed by atoms with E-state index < -0.39 is 5.97 Å². The van der Waals surface area contributed by atoms with E-state index in [1.807, 2.05) is 50.4 Å². The number of thioether (sulfide) groups is 1. The molecule has 0 saturated heterocycles. The average Bonchev–Trinajstić information content (AvgIpc) is 2.76. The van der Waals surface area contributed by atoms with Gasteiger partial charge in [-0.05, 0) is 49.9 Å². The van der Waals surface area contributed by atoms with Crippen molar-refractivity contribution in [1.82, 2.24) is 4.90 Å². The summed E-state index contributed by atoms with van der Waals surface area (Å²) in [4.78, 5) is 27.4. The molecule has 0 unspecified atom stereocenters. The van der Waals surface area contributed by atoms with Crippen molar-refractivity contribution in [3.63, 3.8) is 0 Å². The predicted molar refractivity (Wildman–Crippen MR) is 114 cm³/mol. The highest BCUT2D eigenvalue weighted by Crippen LogP contribution is 2.28. The largest absolute Gasteiger partial charge is 0.493 e. The molecule has 0 aliphatic heterocycles. The van der Waals surface area contributed by atoms with E-state index in [-0.39, 0.29) is 12.5 Å². The molecular formula is C22H27NO5S.